The minimum atomic E-state index is -0.246. The number of pyridine rings is 1. The average molecular weight is 490 g/mol. The first kappa shape index (κ1) is 22.2. The summed E-state index contributed by atoms with van der Waals surface area (Å²) < 4.78 is 3.62. The first-order valence-corrected chi connectivity index (χ1v) is 12.4. The van der Waals surface area contributed by atoms with E-state index in [-0.39, 0.29) is 17.0 Å². The number of fused-ring (bicyclic) bond motifs is 2. The predicted molar refractivity (Wildman–Crippen MR) is 138 cm³/mol. The molecule has 35 heavy (non-hydrogen) atoms. The molecule has 2 N–H and O–H groups in total. The summed E-state index contributed by atoms with van der Waals surface area (Å²) in [5.74, 6) is 1.07. The average Bonchev–Trinajstić information content (AvgIpc) is 3.63. The highest BCUT2D eigenvalue weighted by atomic mass is 35.5. The summed E-state index contributed by atoms with van der Waals surface area (Å²) in [6, 6.07) is 10.2. The van der Waals surface area contributed by atoms with Gasteiger partial charge in [0.25, 0.3) is 5.56 Å². The van der Waals surface area contributed by atoms with Gasteiger partial charge in [0, 0.05) is 23.8 Å². The zero-order valence-electron chi connectivity index (χ0n) is 20.1. The maximum Gasteiger partial charge on any atom is 0.278 e. The van der Waals surface area contributed by atoms with Crippen LogP contribution in [-0.4, -0.2) is 30.9 Å². The van der Waals surface area contributed by atoms with Gasteiger partial charge in [0.1, 0.15) is 5.39 Å². The monoisotopic (exact) mass is 489 g/mol. The zero-order valence-corrected chi connectivity index (χ0v) is 20.9. The van der Waals surface area contributed by atoms with Crippen molar-refractivity contribution in [2.45, 2.75) is 58.0 Å². The summed E-state index contributed by atoms with van der Waals surface area (Å²) in [6.45, 7) is 8.09. The van der Waals surface area contributed by atoms with Crippen LogP contribution >= 0.6 is 11.6 Å². The number of anilines is 2. The Morgan fingerprint density at radius 1 is 1.11 bits per heavy atom. The molecule has 0 unspecified atom stereocenters. The van der Waals surface area contributed by atoms with E-state index in [1.807, 2.05) is 22.9 Å². The van der Waals surface area contributed by atoms with Crippen molar-refractivity contribution in [2.24, 2.45) is 0 Å². The van der Waals surface area contributed by atoms with Crippen molar-refractivity contribution in [2.75, 3.05) is 11.9 Å². The molecule has 6 rings (SSSR count). The first-order valence-electron chi connectivity index (χ1n) is 12.1. The molecule has 1 aliphatic carbocycles. The molecule has 0 saturated heterocycles. The van der Waals surface area contributed by atoms with Crippen LogP contribution in [0.1, 0.15) is 56.5 Å². The molecule has 1 aromatic carbocycles. The molecule has 1 aliphatic heterocycles. The standard InChI is InChI=1S/C26H28ClN7O/c1-26(2,3)22-20(27)8-9-21(31-22)34-23-19(24(35)33(34)18-6-7-18)14-29-25(32-23)30-17-5-4-16-13-28-11-10-15(16)12-17/h4-5,8-9,12,14,18,28H,6-7,10-11,13H2,1-3H3,(H,29,30,32). The van der Waals surface area contributed by atoms with Crippen molar-refractivity contribution < 1.29 is 0 Å². The molecule has 9 heteroatoms. The van der Waals surface area contributed by atoms with E-state index >= 15 is 0 Å². The van der Waals surface area contributed by atoms with Gasteiger partial charge in [-0.15, -0.1) is 0 Å². The SMILES string of the molecule is CC(C)(C)c1nc(-n2c3nc(Nc4ccc5c(c4)CCNC5)ncc3c(=O)n2C2CC2)ccc1Cl. The molecule has 8 nitrogen and oxygen atoms in total. The Morgan fingerprint density at radius 3 is 2.71 bits per heavy atom. The van der Waals surface area contributed by atoms with Crippen molar-refractivity contribution in [1.82, 2.24) is 29.6 Å². The van der Waals surface area contributed by atoms with Gasteiger partial charge in [-0.2, -0.15) is 4.98 Å². The lowest BCUT2D eigenvalue weighted by atomic mass is 9.91. The normalized spacial score (nSPS) is 15.9. The third kappa shape index (κ3) is 4.00. The Bertz CT molecular complexity index is 1510. The van der Waals surface area contributed by atoms with E-state index in [9.17, 15) is 4.79 Å². The maximum absolute atomic E-state index is 13.4. The second-order valence-electron chi connectivity index (χ2n) is 10.4. The molecule has 0 amide bonds. The van der Waals surface area contributed by atoms with E-state index in [2.05, 4.69) is 48.5 Å². The number of halogens is 1. The lowest BCUT2D eigenvalue weighted by molar-refractivity contribution is 0.537. The van der Waals surface area contributed by atoms with E-state index in [0.29, 0.717) is 27.8 Å². The molecule has 1 fully saturated rings. The van der Waals surface area contributed by atoms with Gasteiger partial charge in [0.05, 0.1) is 16.8 Å². The molecule has 0 atom stereocenters. The lowest BCUT2D eigenvalue weighted by Gasteiger charge is -2.21. The minimum Gasteiger partial charge on any atom is -0.324 e. The van der Waals surface area contributed by atoms with Crippen LogP contribution in [0.15, 0.2) is 41.3 Å². The fourth-order valence-electron chi connectivity index (χ4n) is 4.69. The largest absolute Gasteiger partial charge is 0.324 e. The van der Waals surface area contributed by atoms with Crippen LogP contribution in [0.2, 0.25) is 5.02 Å². The summed E-state index contributed by atoms with van der Waals surface area (Å²) in [6.07, 6.45) is 4.52. The molecule has 4 aromatic rings. The smallest absolute Gasteiger partial charge is 0.278 e. The molecule has 0 radical (unpaired) electrons. The maximum atomic E-state index is 13.4. The highest BCUT2D eigenvalue weighted by Gasteiger charge is 2.32. The molecule has 180 valence electrons. The highest BCUT2D eigenvalue weighted by molar-refractivity contribution is 6.31. The van der Waals surface area contributed by atoms with Crippen LogP contribution in [0.3, 0.4) is 0 Å². The van der Waals surface area contributed by atoms with E-state index in [1.165, 1.54) is 11.1 Å². The van der Waals surface area contributed by atoms with Gasteiger partial charge in [-0.25, -0.2) is 19.3 Å². The van der Waals surface area contributed by atoms with Gasteiger partial charge in [-0.05, 0) is 61.2 Å². The molecular formula is C26H28ClN7O. The predicted octanol–water partition coefficient (Wildman–Crippen LogP) is 4.65. The molecule has 2 aliphatic rings. The third-order valence-electron chi connectivity index (χ3n) is 6.62. The Balaban J connectivity index is 1.48. The molecular weight excluding hydrogens is 462 g/mol. The number of nitrogens with one attached hydrogen (secondary N) is 2. The number of benzene rings is 1. The van der Waals surface area contributed by atoms with Crippen LogP contribution in [0.5, 0.6) is 0 Å². The van der Waals surface area contributed by atoms with E-state index in [0.717, 1.165) is 43.7 Å². The van der Waals surface area contributed by atoms with Crippen molar-refractivity contribution in [1.29, 1.82) is 0 Å². The van der Waals surface area contributed by atoms with E-state index in [4.69, 9.17) is 21.6 Å². The van der Waals surface area contributed by atoms with Gasteiger partial charge in [-0.3, -0.25) is 4.79 Å². The van der Waals surface area contributed by atoms with Crippen LogP contribution in [0.4, 0.5) is 11.6 Å². The second kappa shape index (κ2) is 8.17. The van der Waals surface area contributed by atoms with Crippen LogP contribution in [0, 0.1) is 0 Å². The van der Waals surface area contributed by atoms with Gasteiger partial charge in [-0.1, -0.05) is 38.4 Å². The molecule has 3 aromatic heterocycles. The van der Waals surface area contributed by atoms with Gasteiger partial charge >= 0.3 is 0 Å². The number of hydrogen-bond acceptors (Lipinski definition) is 6. The molecule has 0 spiro atoms. The molecule has 1 saturated carbocycles. The van der Waals surface area contributed by atoms with Crippen molar-refractivity contribution in [3.8, 4) is 5.82 Å². The fourth-order valence-corrected chi connectivity index (χ4v) is 5.08. The highest BCUT2D eigenvalue weighted by Crippen LogP contribution is 2.36. The van der Waals surface area contributed by atoms with Gasteiger partial charge in [0.15, 0.2) is 11.5 Å². The Morgan fingerprint density at radius 2 is 1.94 bits per heavy atom. The Labute approximate surface area is 208 Å². The Kier molecular flexibility index (Phi) is 5.19. The van der Waals surface area contributed by atoms with Crippen molar-refractivity contribution in [3.05, 3.63) is 68.7 Å². The second-order valence-corrected chi connectivity index (χ2v) is 10.8. The van der Waals surface area contributed by atoms with E-state index < -0.39 is 0 Å². The number of aromatic nitrogens is 5. The third-order valence-corrected chi connectivity index (χ3v) is 6.93. The minimum absolute atomic E-state index is 0.0932. The van der Waals surface area contributed by atoms with Gasteiger partial charge in [0.2, 0.25) is 5.95 Å². The quantitative estimate of drug-likeness (QED) is 0.433. The summed E-state index contributed by atoms with van der Waals surface area (Å²) >= 11 is 6.49. The first-order chi connectivity index (χ1) is 16.8. The lowest BCUT2D eigenvalue weighted by Crippen LogP contribution is -2.23. The van der Waals surface area contributed by atoms with Crippen molar-refractivity contribution in [3.63, 3.8) is 0 Å². The zero-order chi connectivity index (χ0) is 24.3. The number of rotatable bonds is 4. The molecule has 4 heterocycles. The molecule has 0 bridgehead atoms. The topological polar surface area (TPSA) is 89.7 Å². The summed E-state index contributed by atoms with van der Waals surface area (Å²) in [7, 11) is 0. The van der Waals surface area contributed by atoms with E-state index in [1.54, 1.807) is 10.9 Å². The summed E-state index contributed by atoms with van der Waals surface area (Å²) in [5, 5.41) is 7.82. The number of nitrogens with zero attached hydrogens (tertiary/aromatic N) is 5. The number of hydrogen-bond donors (Lipinski definition) is 2. The summed E-state index contributed by atoms with van der Waals surface area (Å²) in [5.41, 5.74) is 4.55. The summed E-state index contributed by atoms with van der Waals surface area (Å²) in [4.78, 5) is 27.5. The van der Waals surface area contributed by atoms with Crippen molar-refractivity contribution >= 4 is 34.3 Å². The van der Waals surface area contributed by atoms with Crippen LogP contribution < -0.4 is 16.2 Å². The van der Waals surface area contributed by atoms with Crippen LogP contribution in [0.25, 0.3) is 16.9 Å². The fraction of sp³-hybridized carbons (Fsp3) is 0.385. The Hall–Kier alpha value is -3.23. The van der Waals surface area contributed by atoms with Crippen LogP contribution in [-0.2, 0) is 18.4 Å². The van der Waals surface area contributed by atoms with Gasteiger partial charge < -0.3 is 10.6 Å².